The molecule has 0 aromatic rings. The third-order valence-corrected chi connectivity index (χ3v) is 3.15. The molecule has 1 heterocycles. The van der Waals surface area contributed by atoms with Crippen LogP contribution in [0.2, 0.25) is 0 Å². The first-order valence-corrected chi connectivity index (χ1v) is 5.97. The molecule has 1 saturated heterocycles. The van der Waals surface area contributed by atoms with Crippen LogP contribution in [0.25, 0.3) is 0 Å². The van der Waals surface area contributed by atoms with E-state index in [4.69, 9.17) is 4.74 Å². The maximum absolute atomic E-state index is 11.9. The van der Waals surface area contributed by atoms with E-state index in [1.54, 1.807) is 39.8 Å². The molecule has 104 valence electrons. The fourth-order valence-corrected chi connectivity index (χ4v) is 2.01. The molecule has 0 aromatic heterocycles. The Kier molecular flexibility index (Phi) is 3.90. The van der Waals surface area contributed by atoms with E-state index in [2.05, 4.69) is 0 Å². The number of likely N-dealkylation sites (tertiary alicyclic amines) is 1. The van der Waals surface area contributed by atoms with Crippen LogP contribution >= 0.6 is 0 Å². The molecular formula is C12H22N2O4. The second-order valence-electron chi connectivity index (χ2n) is 5.88. The topological polar surface area (TPSA) is 70.1 Å². The standard InChI is InChI=1S/C12H22N2O4/c1-11(2,3)18-10(17)14-7-6-12(8-14,9(15)16)13(4)5/h6-8H2,1-5H3,(H,15,16). The number of aliphatic carboxylic acids is 1. The highest BCUT2D eigenvalue weighted by molar-refractivity contribution is 5.81. The maximum atomic E-state index is 11.9. The Morgan fingerprint density at radius 3 is 2.22 bits per heavy atom. The summed E-state index contributed by atoms with van der Waals surface area (Å²) < 4.78 is 5.25. The van der Waals surface area contributed by atoms with Crippen molar-refractivity contribution < 1.29 is 19.4 Å². The molecule has 0 saturated carbocycles. The number of carbonyl (C=O) groups excluding carboxylic acids is 1. The highest BCUT2D eigenvalue weighted by Crippen LogP contribution is 2.27. The molecule has 1 N–H and O–H groups in total. The van der Waals surface area contributed by atoms with Crippen LogP contribution in [0.5, 0.6) is 0 Å². The summed E-state index contributed by atoms with van der Waals surface area (Å²) in [5.74, 6) is -0.904. The minimum absolute atomic E-state index is 0.157. The zero-order chi connectivity index (χ0) is 14.1. The SMILES string of the molecule is CN(C)C1(C(=O)O)CCN(C(=O)OC(C)(C)C)C1. The molecule has 1 aliphatic rings. The minimum Gasteiger partial charge on any atom is -0.480 e. The van der Waals surface area contributed by atoms with E-state index in [1.165, 1.54) is 4.90 Å². The highest BCUT2D eigenvalue weighted by atomic mass is 16.6. The van der Waals surface area contributed by atoms with Crippen molar-refractivity contribution in [1.29, 1.82) is 0 Å². The average Bonchev–Trinajstić information content (AvgIpc) is 2.59. The third-order valence-electron chi connectivity index (χ3n) is 3.15. The largest absolute Gasteiger partial charge is 0.480 e. The van der Waals surface area contributed by atoms with Gasteiger partial charge in [0.15, 0.2) is 0 Å². The molecule has 1 rings (SSSR count). The van der Waals surface area contributed by atoms with Crippen molar-refractivity contribution in [3.05, 3.63) is 0 Å². The number of carbonyl (C=O) groups is 2. The normalized spacial score (nSPS) is 24.4. The lowest BCUT2D eigenvalue weighted by Gasteiger charge is -2.32. The van der Waals surface area contributed by atoms with Gasteiger partial charge in [0.05, 0.1) is 6.54 Å². The van der Waals surface area contributed by atoms with Crippen LogP contribution in [0.3, 0.4) is 0 Å². The number of amides is 1. The minimum atomic E-state index is -1.00. The van der Waals surface area contributed by atoms with E-state index >= 15 is 0 Å². The Labute approximate surface area is 107 Å². The number of hydrogen-bond acceptors (Lipinski definition) is 4. The van der Waals surface area contributed by atoms with Gasteiger partial charge in [0, 0.05) is 6.54 Å². The summed E-state index contributed by atoms with van der Waals surface area (Å²) in [7, 11) is 3.43. The van der Waals surface area contributed by atoms with Crippen molar-refractivity contribution in [3.63, 3.8) is 0 Å². The summed E-state index contributed by atoms with van der Waals surface area (Å²) in [6.45, 7) is 5.93. The zero-order valence-corrected chi connectivity index (χ0v) is 11.7. The molecule has 0 radical (unpaired) electrons. The molecule has 1 atom stereocenters. The van der Waals surface area contributed by atoms with Gasteiger partial charge in [-0.2, -0.15) is 0 Å². The van der Waals surface area contributed by atoms with Crippen molar-refractivity contribution in [2.45, 2.75) is 38.3 Å². The van der Waals surface area contributed by atoms with Gasteiger partial charge in [0.1, 0.15) is 11.1 Å². The predicted molar refractivity (Wildman–Crippen MR) is 66.5 cm³/mol. The lowest BCUT2D eigenvalue weighted by molar-refractivity contribution is -0.149. The summed E-state index contributed by atoms with van der Waals surface area (Å²) in [4.78, 5) is 26.4. The van der Waals surface area contributed by atoms with Crippen LogP contribution in [0.15, 0.2) is 0 Å². The summed E-state index contributed by atoms with van der Waals surface area (Å²) in [5, 5.41) is 9.35. The van der Waals surface area contributed by atoms with Crippen molar-refractivity contribution in [3.8, 4) is 0 Å². The summed E-state index contributed by atoms with van der Waals surface area (Å²) in [6.07, 6.45) is -0.0401. The van der Waals surface area contributed by atoms with Gasteiger partial charge in [-0.1, -0.05) is 0 Å². The van der Waals surface area contributed by atoms with Crippen molar-refractivity contribution in [1.82, 2.24) is 9.80 Å². The lowest BCUT2D eigenvalue weighted by Crippen LogP contribution is -2.53. The van der Waals surface area contributed by atoms with Gasteiger partial charge in [-0.15, -0.1) is 0 Å². The summed E-state index contributed by atoms with van der Waals surface area (Å²) in [6, 6.07) is 0. The van der Waals surface area contributed by atoms with E-state index in [0.717, 1.165) is 0 Å². The van der Waals surface area contributed by atoms with Crippen LogP contribution in [-0.4, -0.2) is 65.3 Å². The van der Waals surface area contributed by atoms with E-state index in [9.17, 15) is 14.7 Å². The van der Waals surface area contributed by atoms with Crippen molar-refractivity contribution in [2.24, 2.45) is 0 Å². The summed E-state index contributed by atoms with van der Waals surface area (Å²) in [5.41, 5.74) is -1.57. The molecule has 1 unspecified atom stereocenters. The maximum Gasteiger partial charge on any atom is 0.410 e. The van der Waals surface area contributed by atoms with Gasteiger partial charge in [-0.25, -0.2) is 4.79 Å². The van der Waals surface area contributed by atoms with Gasteiger partial charge < -0.3 is 14.7 Å². The van der Waals surface area contributed by atoms with Crippen LogP contribution in [0.1, 0.15) is 27.2 Å². The Bertz CT molecular complexity index is 348. The Morgan fingerprint density at radius 2 is 1.89 bits per heavy atom. The molecule has 1 aliphatic heterocycles. The number of carboxylic acids is 1. The van der Waals surface area contributed by atoms with Gasteiger partial charge in [0.2, 0.25) is 0 Å². The lowest BCUT2D eigenvalue weighted by atomic mass is 9.97. The molecule has 0 spiro atoms. The van der Waals surface area contributed by atoms with Crippen LogP contribution in [0, 0.1) is 0 Å². The highest BCUT2D eigenvalue weighted by Gasteiger charge is 2.48. The number of nitrogens with zero attached hydrogens (tertiary/aromatic N) is 2. The van der Waals surface area contributed by atoms with E-state index < -0.39 is 23.2 Å². The molecular weight excluding hydrogens is 236 g/mol. The van der Waals surface area contributed by atoms with Gasteiger partial charge in [-0.3, -0.25) is 9.69 Å². The number of carboxylic acid groups (broad SMARTS) is 1. The second-order valence-corrected chi connectivity index (χ2v) is 5.88. The summed E-state index contributed by atoms with van der Waals surface area (Å²) >= 11 is 0. The van der Waals surface area contributed by atoms with Crippen LogP contribution in [-0.2, 0) is 9.53 Å². The fraction of sp³-hybridized carbons (Fsp3) is 0.833. The zero-order valence-electron chi connectivity index (χ0n) is 11.7. The molecule has 0 bridgehead atoms. The molecule has 1 amide bonds. The molecule has 6 heteroatoms. The van der Waals surface area contributed by atoms with Crippen LogP contribution < -0.4 is 0 Å². The Morgan fingerprint density at radius 1 is 1.33 bits per heavy atom. The van der Waals surface area contributed by atoms with Gasteiger partial charge in [-0.05, 0) is 41.3 Å². The Hall–Kier alpha value is -1.30. The predicted octanol–water partition coefficient (Wildman–Crippen LogP) is 1.01. The van der Waals surface area contributed by atoms with E-state index in [-0.39, 0.29) is 6.54 Å². The van der Waals surface area contributed by atoms with Crippen molar-refractivity contribution >= 4 is 12.1 Å². The molecule has 1 fully saturated rings. The first-order chi connectivity index (χ1) is 8.08. The van der Waals surface area contributed by atoms with E-state index in [1.807, 2.05) is 0 Å². The van der Waals surface area contributed by atoms with Crippen LogP contribution in [0.4, 0.5) is 4.79 Å². The number of rotatable bonds is 2. The average molecular weight is 258 g/mol. The number of hydrogen-bond donors (Lipinski definition) is 1. The first-order valence-electron chi connectivity index (χ1n) is 5.97. The molecule has 0 aromatic carbocycles. The second kappa shape index (κ2) is 4.76. The number of ether oxygens (including phenoxy) is 1. The quantitative estimate of drug-likeness (QED) is 0.800. The van der Waals surface area contributed by atoms with Crippen molar-refractivity contribution in [2.75, 3.05) is 27.2 Å². The smallest absolute Gasteiger partial charge is 0.410 e. The number of likely N-dealkylation sites (N-methyl/N-ethyl adjacent to an activating group) is 1. The fourth-order valence-electron chi connectivity index (χ4n) is 2.01. The van der Waals surface area contributed by atoms with Gasteiger partial charge >= 0.3 is 12.1 Å². The molecule has 0 aliphatic carbocycles. The Balaban J connectivity index is 2.76. The van der Waals surface area contributed by atoms with Gasteiger partial charge in [0.25, 0.3) is 0 Å². The molecule has 18 heavy (non-hydrogen) atoms. The van der Waals surface area contributed by atoms with E-state index in [0.29, 0.717) is 13.0 Å². The monoisotopic (exact) mass is 258 g/mol. The molecule has 6 nitrogen and oxygen atoms in total. The third kappa shape index (κ3) is 2.93. The first kappa shape index (κ1) is 14.8.